The predicted octanol–water partition coefficient (Wildman–Crippen LogP) is 7.03. The van der Waals surface area contributed by atoms with Crippen LogP contribution >= 0.6 is 0 Å². The SMILES string of the molecule is COc1cc(-c2cc(OC)c(OC)cc2OC)c2oc(-c3ccccc3)c(C(=O)c3ccccc3)c2c1. The summed E-state index contributed by atoms with van der Waals surface area (Å²) in [7, 11) is 6.32. The molecule has 0 saturated heterocycles. The number of carbonyl (C=O) groups excluding carboxylic acids is 1. The molecule has 0 fully saturated rings. The average molecular weight is 495 g/mol. The fourth-order valence-corrected chi connectivity index (χ4v) is 4.48. The zero-order valence-corrected chi connectivity index (χ0v) is 21.0. The van der Waals surface area contributed by atoms with Crippen molar-refractivity contribution >= 4 is 16.8 Å². The predicted molar refractivity (Wildman–Crippen MR) is 143 cm³/mol. The molecule has 5 rings (SSSR count). The molecule has 1 aromatic heterocycles. The van der Waals surface area contributed by atoms with Gasteiger partial charge in [0.1, 0.15) is 22.8 Å². The lowest BCUT2D eigenvalue weighted by Crippen LogP contribution is -2.02. The summed E-state index contributed by atoms with van der Waals surface area (Å²) in [5.41, 5.74) is 3.75. The third-order valence-corrected chi connectivity index (χ3v) is 6.29. The first-order valence-electron chi connectivity index (χ1n) is 11.7. The molecule has 0 saturated carbocycles. The Morgan fingerprint density at radius 2 is 1.27 bits per heavy atom. The van der Waals surface area contributed by atoms with E-state index in [0.717, 1.165) is 5.56 Å². The first-order chi connectivity index (χ1) is 18.1. The van der Waals surface area contributed by atoms with Gasteiger partial charge < -0.3 is 23.4 Å². The maximum absolute atomic E-state index is 13.9. The minimum absolute atomic E-state index is 0.142. The Morgan fingerprint density at radius 3 is 1.89 bits per heavy atom. The van der Waals surface area contributed by atoms with Crippen molar-refractivity contribution in [1.29, 1.82) is 0 Å². The topological polar surface area (TPSA) is 67.1 Å². The molecule has 0 aliphatic heterocycles. The molecule has 0 amide bonds. The van der Waals surface area contributed by atoms with Gasteiger partial charge in [0.2, 0.25) is 0 Å². The maximum atomic E-state index is 13.9. The zero-order chi connectivity index (χ0) is 25.9. The third kappa shape index (κ3) is 4.27. The van der Waals surface area contributed by atoms with E-state index in [-0.39, 0.29) is 5.78 Å². The molecule has 6 heteroatoms. The highest BCUT2D eigenvalue weighted by Crippen LogP contribution is 2.46. The quantitative estimate of drug-likeness (QED) is 0.216. The third-order valence-electron chi connectivity index (χ3n) is 6.29. The van der Waals surface area contributed by atoms with Crippen LogP contribution in [0.4, 0.5) is 0 Å². The Balaban J connectivity index is 1.87. The molecule has 1 heterocycles. The largest absolute Gasteiger partial charge is 0.497 e. The van der Waals surface area contributed by atoms with Crippen molar-refractivity contribution in [2.45, 2.75) is 0 Å². The van der Waals surface area contributed by atoms with Crippen LogP contribution in [0.25, 0.3) is 33.4 Å². The lowest BCUT2D eigenvalue weighted by atomic mass is 9.95. The molecule has 0 spiro atoms. The van der Waals surface area contributed by atoms with Gasteiger partial charge in [-0.1, -0.05) is 60.7 Å². The second kappa shape index (κ2) is 10.1. The molecule has 186 valence electrons. The van der Waals surface area contributed by atoms with Gasteiger partial charge in [-0.2, -0.15) is 0 Å². The molecule has 0 aliphatic carbocycles. The summed E-state index contributed by atoms with van der Waals surface area (Å²) in [5, 5.41) is 0.638. The van der Waals surface area contributed by atoms with Gasteiger partial charge in [-0.15, -0.1) is 0 Å². The molecule has 0 N–H and O–H groups in total. The van der Waals surface area contributed by atoms with E-state index in [0.29, 0.717) is 62.0 Å². The van der Waals surface area contributed by atoms with Crippen LogP contribution in [0, 0.1) is 0 Å². The highest BCUT2D eigenvalue weighted by atomic mass is 16.5. The molecule has 6 nitrogen and oxygen atoms in total. The van der Waals surface area contributed by atoms with Crippen molar-refractivity contribution in [3.63, 3.8) is 0 Å². The summed E-state index contributed by atoms with van der Waals surface area (Å²) in [5.74, 6) is 2.54. The first-order valence-corrected chi connectivity index (χ1v) is 11.7. The Kier molecular flexibility index (Phi) is 6.56. The van der Waals surface area contributed by atoms with E-state index in [2.05, 4.69) is 0 Å². The fraction of sp³-hybridized carbons (Fsp3) is 0.129. The molecule has 37 heavy (non-hydrogen) atoms. The molecule has 0 atom stereocenters. The Bertz CT molecular complexity index is 1570. The Labute approximate surface area is 215 Å². The number of hydrogen-bond donors (Lipinski definition) is 0. The number of rotatable bonds is 8. The van der Waals surface area contributed by atoms with Crippen LogP contribution in [-0.2, 0) is 0 Å². The summed E-state index contributed by atoms with van der Waals surface area (Å²) in [6.07, 6.45) is 0. The van der Waals surface area contributed by atoms with E-state index in [1.165, 1.54) is 0 Å². The van der Waals surface area contributed by atoms with Crippen molar-refractivity contribution in [3.8, 4) is 45.4 Å². The van der Waals surface area contributed by atoms with Crippen LogP contribution in [0.15, 0.2) is 89.3 Å². The molecule has 0 aliphatic rings. The van der Waals surface area contributed by atoms with Crippen molar-refractivity contribution in [1.82, 2.24) is 0 Å². The van der Waals surface area contributed by atoms with Gasteiger partial charge in [-0.3, -0.25) is 4.79 Å². The minimum atomic E-state index is -0.142. The summed E-state index contributed by atoms with van der Waals surface area (Å²) in [6.45, 7) is 0. The number of ether oxygens (including phenoxy) is 4. The second-order valence-electron chi connectivity index (χ2n) is 8.33. The number of fused-ring (bicyclic) bond motifs is 1. The van der Waals surface area contributed by atoms with E-state index in [1.54, 1.807) is 46.6 Å². The van der Waals surface area contributed by atoms with Crippen LogP contribution in [0.3, 0.4) is 0 Å². The minimum Gasteiger partial charge on any atom is -0.497 e. The smallest absolute Gasteiger partial charge is 0.197 e. The van der Waals surface area contributed by atoms with Gasteiger partial charge in [-0.25, -0.2) is 0 Å². The number of hydrogen-bond acceptors (Lipinski definition) is 6. The van der Waals surface area contributed by atoms with E-state index >= 15 is 0 Å². The number of furan rings is 1. The molecular formula is C31H26O6. The van der Waals surface area contributed by atoms with Crippen LogP contribution < -0.4 is 18.9 Å². The van der Waals surface area contributed by atoms with E-state index in [9.17, 15) is 4.79 Å². The van der Waals surface area contributed by atoms with Crippen molar-refractivity contribution in [3.05, 3.63) is 96.1 Å². The van der Waals surface area contributed by atoms with E-state index in [4.69, 9.17) is 23.4 Å². The Morgan fingerprint density at radius 1 is 0.649 bits per heavy atom. The summed E-state index contributed by atoms with van der Waals surface area (Å²) in [6, 6.07) is 26.1. The average Bonchev–Trinajstić information content (AvgIpc) is 3.35. The molecule has 0 unspecified atom stereocenters. The van der Waals surface area contributed by atoms with Crippen LogP contribution in [0.5, 0.6) is 23.0 Å². The normalized spacial score (nSPS) is 10.8. The van der Waals surface area contributed by atoms with E-state index in [1.807, 2.05) is 66.7 Å². The van der Waals surface area contributed by atoms with Gasteiger partial charge in [0.25, 0.3) is 0 Å². The van der Waals surface area contributed by atoms with Gasteiger partial charge in [-0.05, 0) is 18.2 Å². The van der Waals surface area contributed by atoms with Gasteiger partial charge in [0.15, 0.2) is 17.3 Å². The summed E-state index contributed by atoms with van der Waals surface area (Å²) >= 11 is 0. The van der Waals surface area contributed by atoms with Crippen molar-refractivity contribution in [2.75, 3.05) is 28.4 Å². The number of benzene rings is 4. The monoisotopic (exact) mass is 494 g/mol. The molecule has 4 aromatic carbocycles. The zero-order valence-electron chi connectivity index (χ0n) is 21.0. The molecule has 5 aromatic rings. The lowest BCUT2D eigenvalue weighted by Gasteiger charge is -2.15. The van der Waals surface area contributed by atoms with Gasteiger partial charge >= 0.3 is 0 Å². The van der Waals surface area contributed by atoms with Crippen LogP contribution in [0.1, 0.15) is 15.9 Å². The summed E-state index contributed by atoms with van der Waals surface area (Å²) < 4.78 is 29.0. The van der Waals surface area contributed by atoms with Crippen molar-refractivity contribution in [2.24, 2.45) is 0 Å². The Hall–Kier alpha value is -4.71. The standard InChI is InChI=1S/C31H26O6/c1-33-21-15-23(22-17-26(35-3)27(36-4)18-25(22)34-2)31-24(16-21)28(29(32)19-11-7-5-8-12-19)30(37-31)20-13-9-6-10-14-20/h5-18H,1-4H3. The highest BCUT2D eigenvalue weighted by Gasteiger charge is 2.27. The van der Waals surface area contributed by atoms with E-state index < -0.39 is 0 Å². The molecular weight excluding hydrogens is 468 g/mol. The lowest BCUT2D eigenvalue weighted by molar-refractivity contribution is 0.104. The number of ketones is 1. The summed E-state index contributed by atoms with van der Waals surface area (Å²) in [4.78, 5) is 13.9. The van der Waals surface area contributed by atoms with Crippen molar-refractivity contribution < 1.29 is 28.2 Å². The molecule has 0 radical (unpaired) electrons. The molecule has 0 bridgehead atoms. The van der Waals surface area contributed by atoms with Crippen LogP contribution in [-0.4, -0.2) is 34.2 Å². The maximum Gasteiger partial charge on any atom is 0.197 e. The fourth-order valence-electron chi connectivity index (χ4n) is 4.48. The van der Waals surface area contributed by atoms with Gasteiger partial charge in [0, 0.05) is 33.7 Å². The van der Waals surface area contributed by atoms with Gasteiger partial charge in [0.05, 0.1) is 34.0 Å². The first kappa shape index (κ1) is 24.0. The second-order valence-corrected chi connectivity index (χ2v) is 8.33. The number of carbonyl (C=O) groups is 1. The van der Waals surface area contributed by atoms with Crippen LogP contribution in [0.2, 0.25) is 0 Å². The number of methoxy groups -OCH3 is 4. The highest BCUT2D eigenvalue weighted by molar-refractivity contribution is 6.21.